The van der Waals surface area contributed by atoms with E-state index in [2.05, 4.69) is 39.3 Å². The second-order valence-corrected chi connectivity index (χ2v) is 8.35. The fourth-order valence-corrected chi connectivity index (χ4v) is 4.87. The molecule has 0 saturated heterocycles. The molecule has 0 amide bonds. The number of sulfonamides is 1. The van der Waals surface area contributed by atoms with E-state index in [9.17, 15) is 8.42 Å². The average Bonchev–Trinajstić information content (AvgIpc) is 3.00. The van der Waals surface area contributed by atoms with E-state index in [-0.39, 0.29) is 17.0 Å². The molecule has 2 aliphatic carbocycles. The summed E-state index contributed by atoms with van der Waals surface area (Å²) >= 11 is 0. The summed E-state index contributed by atoms with van der Waals surface area (Å²) < 4.78 is 27.7. The zero-order valence-corrected chi connectivity index (χ0v) is 14.2. The van der Waals surface area contributed by atoms with Crippen LogP contribution in [0, 0.1) is 0 Å². The van der Waals surface area contributed by atoms with E-state index in [1.54, 1.807) is 18.3 Å². The molecule has 2 atom stereocenters. The zero-order chi connectivity index (χ0) is 16.6. The Labute approximate surface area is 142 Å². The summed E-state index contributed by atoms with van der Waals surface area (Å²) in [6.45, 7) is 0. The SMILES string of the molecule is O=S(=O)(N[C@H]1CC[C@H]1NC1Cc2ccccc2C1)c1cccnc1. The first-order chi connectivity index (χ1) is 11.6. The van der Waals surface area contributed by atoms with Gasteiger partial charge in [0, 0.05) is 30.5 Å². The first-order valence-corrected chi connectivity index (χ1v) is 9.85. The van der Waals surface area contributed by atoms with Crippen molar-refractivity contribution in [2.75, 3.05) is 0 Å². The lowest BCUT2D eigenvalue weighted by molar-refractivity contribution is 0.244. The monoisotopic (exact) mass is 343 g/mol. The maximum atomic E-state index is 12.4. The van der Waals surface area contributed by atoms with Gasteiger partial charge in [-0.3, -0.25) is 4.98 Å². The lowest BCUT2D eigenvalue weighted by Crippen LogP contribution is -2.59. The summed E-state index contributed by atoms with van der Waals surface area (Å²) in [5, 5.41) is 3.64. The van der Waals surface area contributed by atoms with Gasteiger partial charge in [0.15, 0.2) is 0 Å². The molecule has 6 heteroatoms. The van der Waals surface area contributed by atoms with Crippen LogP contribution in [0.4, 0.5) is 0 Å². The van der Waals surface area contributed by atoms with E-state index in [0.29, 0.717) is 6.04 Å². The van der Waals surface area contributed by atoms with Crippen LogP contribution in [0.1, 0.15) is 24.0 Å². The Balaban J connectivity index is 1.37. The molecule has 1 fully saturated rings. The molecular formula is C18H21N3O2S. The third kappa shape index (κ3) is 3.09. The molecule has 0 aliphatic heterocycles. The average molecular weight is 343 g/mol. The molecule has 1 aromatic heterocycles. The number of hydrogen-bond donors (Lipinski definition) is 2. The third-order valence-corrected chi connectivity index (χ3v) is 6.50. The Morgan fingerprint density at radius 3 is 2.25 bits per heavy atom. The van der Waals surface area contributed by atoms with Gasteiger partial charge in [-0.2, -0.15) is 0 Å². The van der Waals surface area contributed by atoms with Crippen molar-refractivity contribution in [3.63, 3.8) is 0 Å². The standard InChI is InChI=1S/C18H21N3O2S/c22-24(23,16-6-3-9-19-12-16)21-18-8-7-17(18)20-15-10-13-4-1-2-5-14(13)11-15/h1-6,9,12,15,17-18,20-21H,7-8,10-11H2/t17-,18+/m1/s1. The molecule has 1 saturated carbocycles. The van der Waals surface area contributed by atoms with E-state index < -0.39 is 10.0 Å². The van der Waals surface area contributed by atoms with Gasteiger partial charge in [0.2, 0.25) is 10.0 Å². The Bertz CT molecular complexity index is 798. The molecule has 2 aromatic rings. The molecule has 126 valence electrons. The molecular weight excluding hydrogens is 322 g/mol. The summed E-state index contributed by atoms with van der Waals surface area (Å²) in [4.78, 5) is 4.12. The largest absolute Gasteiger partial charge is 0.309 e. The van der Waals surface area contributed by atoms with Crippen molar-refractivity contribution in [3.8, 4) is 0 Å². The van der Waals surface area contributed by atoms with Crippen LogP contribution in [-0.2, 0) is 22.9 Å². The summed E-state index contributed by atoms with van der Waals surface area (Å²) in [6, 6.07) is 12.3. The van der Waals surface area contributed by atoms with Crippen LogP contribution in [0.25, 0.3) is 0 Å². The van der Waals surface area contributed by atoms with E-state index in [1.807, 2.05) is 0 Å². The van der Waals surface area contributed by atoms with Gasteiger partial charge in [-0.1, -0.05) is 24.3 Å². The number of fused-ring (bicyclic) bond motifs is 1. The van der Waals surface area contributed by atoms with Crippen molar-refractivity contribution >= 4 is 10.0 Å². The predicted octanol–water partition coefficient (Wildman–Crippen LogP) is 1.65. The molecule has 5 nitrogen and oxygen atoms in total. The molecule has 1 heterocycles. The number of nitrogens with one attached hydrogen (secondary N) is 2. The van der Waals surface area contributed by atoms with Crippen LogP contribution in [-0.4, -0.2) is 31.5 Å². The van der Waals surface area contributed by atoms with Crippen molar-refractivity contribution in [1.29, 1.82) is 0 Å². The maximum Gasteiger partial charge on any atom is 0.242 e. The minimum Gasteiger partial charge on any atom is -0.309 e. The molecule has 4 rings (SSSR count). The van der Waals surface area contributed by atoms with Gasteiger partial charge in [0.1, 0.15) is 4.90 Å². The first kappa shape index (κ1) is 15.7. The Morgan fingerprint density at radius 1 is 0.958 bits per heavy atom. The minimum atomic E-state index is -3.49. The molecule has 1 aromatic carbocycles. The number of aromatic nitrogens is 1. The Hall–Kier alpha value is -1.76. The highest BCUT2D eigenvalue weighted by molar-refractivity contribution is 7.89. The van der Waals surface area contributed by atoms with Gasteiger partial charge >= 0.3 is 0 Å². The quantitative estimate of drug-likeness (QED) is 0.866. The lowest BCUT2D eigenvalue weighted by Gasteiger charge is -2.39. The maximum absolute atomic E-state index is 12.4. The number of benzene rings is 1. The van der Waals surface area contributed by atoms with Gasteiger partial charge < -0.3 is 5.32 Å². The Morgan fingerprint density at radius 2 is 1.67 bits per heavy atom. The van der Waals surface area contributed by atoms with Crippen molar-refractivity contribution in [1.82, 2.24) is 15.0 Å². The Kier molecular flexibility index (Phi) is 4.12. The van der Waals surface area contributed by atoms with Crippen LogP contribution < -0.4 is 10.0 Å². The highest BCUT2D eigenvalue weighted by Crippen LogP contribution is 2.27. The minimum absolute atomic E-state index is 0.0427. The second kappa shape index (κ2) is 6.27. The van der Waals surface area contributed by atoms with E-state index in [1.165, 1.54) is 17.3 Å². The van der Waals surface area contributed by atoms with Gasteiger partial charge in [-0.25, -0.2) is 13.1 Å². The summed E-state index contributed by atoms with van der Waals surface area (Å²) in [5.41, 5.74) is 2.81. The first-order valence-electron chi connectivity index (χ1n) is 8.37. The molecule has 0 spiro atoms. The van der Waals surface area contributed by atoms with Crippen molar-refractivity contribution in [2.24, 2.45) is 0 Å². The van der Waals surface area contributed by atoms with Crippen molar-refractivity contribution < 1.29 is 8.42 Å². The summed E-state index contributed by atoms with van der Waals surface area (Å²) in [6.07, 6.45) is 6.88. The molecule has 0 bridgehead atoms. The number of pyridine rings is 1. The third-order valence-electron chi connectivity index (χ3n) is 5.03. The predicted molar refractivity (Wildman–Crippen MR) is 92.1 cm³/mol. The van der Waals surface area contributed by atoms with E-state index in [4.69, 9.17) is 0 Å². The normalized spacial score (nSPS) is 23.7. The van der Waals surface area contributed by atoms with Crippen molar-refractivity contribution in [2.45, 2.75) is 48.7 Å². The smallest absolute Gasteiger partial charge is 0.242 e. The molecule has 2 N–H and O–H groups in total. The number of nitrogens with zero attached hydrogens (tertiary/aromatic N) is 1. The molecule has 2 aliphatic rings. The summed E-state index contributed by atoms with van der Waals surface area (Å²) in [5.74, 6) is 0. The van der Waals surface area contributed by atoms with Gasteiger partial charge in [-0.15, -0.1) is 0 Å². The second-order valence-electron chi connectivity index (χ2n) is 6.64. The van der Waals surface area contributed by atoms with Crippen LogP contribution >= 0.6 is 0 Å². The van der Waals surface area contributed by atoms with E-state index >= 15 is 0 Å². The van der Waals surface area contributed by atoms with E-state index in [0.717, 1.165) is 25.7 Å². The number of rotatable bonds is 5. The van der Waals surface area contributed by atoms with Gasteiger partial charge in [0.25, 0.3) is 0 Å². The topological polar surface area (TPSA) is 71.1 Å². The van der Waals surface area contributed by atoms with Crippen LogP contribution in [0.15, 0.2) is 53.7 Å². The highest BCUT2D eigenvalue weighted by atomic mass is 32.2. The lowest BCUT2D eigenvalue weighted by atomic mass is 9.86. The van der Waals surface area contributed by atoms with Crippen molar-refractivity contribution in [3.05, 3.63) is 59.9 Å². The molecule has 0 radical (unpaired) electrons. The fourth-order valence-electron chi connectivity index (χ4n) is 3.59. The fraction of sp³-hybridized carbons (Fsp3) is 0.389. The van der Waals surface area contributed by atoms with Gasteiger partial charge in [0.05, 0.1) is 0 Å². The van der Waals surface area contributed by atoms with Crippen LogP contribution in [0.5, 0.6) is 0 Å². The molecule has 0 unspecified atom stereocenters. The highest BCUT2D eigenvalue weighted by Gasteiger charge is 2.36. The molecule has 24 heavy (non-hydrogen) atoms. The van der Waals surface area contributed by atoms with Gasteiger partial charge in [-0.05, 0) is 48.9 Å². The van der Waals surface area contributed by atoms with Crippen LogP contribution in [0.3, 0.4) is 0 Å². The number of hydrogen-bond acceptors (Lipinski definition) is 4. The zero-order valence-electron chi connectivity index (χ0n) is 13.4. The van der Waals surface area contributed by atoms with Crippen LogP contribution in [0.2, 0.25) is 0 Å². The summed E-state index contributed by atoms with van der Waals surface area (Å²) in [7, 11) is -3.49.